The van der Waals surface area contributed by atoms with Crippen molar-refractivity contribution in [3.8, 4) is 5.75 Å². The quantitative estimate of drug-likeness (QED) is 0.681. The van der Waals surface area contributed by atoms with Crippen LogP contribution in [0.15, 0.2) is 22.7 Å². The van der Waals surface area contributed by atoms with E-state index < -0.39 is 0 Å². The maximum Gasteiger partial charge on any atom is 0.122 e. The zero-order valence-corrected chi connectivity index (χ0v) is 11.7. The van der Waals surface area contributed by atoms with Gasteiger partial charge in [-0.25, -0.2) is 0 Å². The van der Waals surface area contributed by atoms with Crippen molar-refractivity contribution in [3.05, 3.63) is 28.2 Å². The fraction of sp³-hybridized carbons (Fsp3) is 0.455. The van der Waals surface area contributed by atoms with Crippen LogP contribution >= 0.6 is 27.5 Å². The highest BCUT2D eigenvalue weighted by molar-refractivity contribution is 9.10. The van der Waals surface area contributed by atoms with E-state index in [1.165, 1.54) is 6.38 Å². The van der Waals surface area contributed by atoms with Gasteiger partial charge in [0.05, 0.1) is 7.11 Å². The SMILES string of the molecule is CC.CCl.COc1cc(Br)ccc1C. The highest BCUT2D eigenvalue weighted by atomic mass is 79.9. The van der Waals surface area contributed by atoms with Crippen molar-refractivity contribution < 1.29 is 4.74 Å². The topological polar surface area (TPSA) is 9.23 Å². The summed E-state index contributed by atoms with van der Waals surface area (Å²) >= 11 is 8.00. The first-order chi connectivity index (χ1) is 6.74. The number of hydrogen-bond acceptors (Lipinski definition) is 1. The van der Waals surface area contributed by atoms with E-state index in [9.17, 15) is 0 Å². The summed E-state index contributed by atoms with van der Waals surface area (Å²) in [4.78, 5) is 0. The van der Waals surface area contributed by atoms with Crippen LogP contribution in [0.2, 0.25) is 0 Å². The summed E-state index contributed by atoms with van der Waals surface area (Å²) in [5, 5.41) is 0. The molecule has 1 aromatic carbocycles. The normalized spacial score (nSPS) is 7.64. The predicted molar refractivity (Wildman–Crippen MR) is 68.6 cm³/mol. The number of benzene rings is 1. The maximum atomic E-state index is 5.10. The summed E-state index contributed by atoms with van der Waals surface area (Å²) in [7, 11) is 1.68. The Morgan fingerprint density at radius 2 is 1.71 bits per heavy atom. The number of methoxy groups -OCH3 is 1. The first kappa shape index (κ1) is 16.2. The summed E-state index contributed by atoms with van der Waals surface area (Å²) in [5.41, 5.74) is 1.16. The second kappa shape index (κ2) is 10.9. The van der Waals surface area contributed by atoms with E-state index in [4.69, 9.17) is 4.74 Å². The minimum Gasteiger partial charge on any atom is -0.496 e. The minimum absolute atomic E-state index is 0.925. The molecule has 3 heteroatoms. The summed E-state index contributed by atoms with van der Waals surface area (Å²) in [6.45, 7) is 6.02. The fourth-order valence-electron chi connectivity index (χ4n) is 0.794. The molecule has 0 spiro atoms. The molecule has 0 fully saturated rings. The monoisotopic (exact) mass is 280 g/mol. The molecule has 0 heterocycles. The fourth-order valence-corrected chi connectivity index (χ4v) is 1.13. The van der Waals surface area contributed by atoms with Gasteiger partial charge in [0.2, 0.25) is 0 Å². The molecule has 0 amide bonds. The molecular weight excluding hydrogens is 263 g/mol. The number of rotatable bonds is 1. The Hall–Kier alpha value is -0.210. The molecule has 0 unspecified atom stereocenters. The van der Waals surface area contributed by atoms with E-state index >= 15 is 0 Å². The van der Waals surface area contributed by atoms with Crippen molar-refractivity contribution in [3.63, 3.8) is 0 Å². The molecule has 1 rings (SSSR count). The molecule has 0 radical (unpaired) electrons. The van der Waals surface area contributed by atoms with Gasteiger partial charge in [-0.15, -0.1) is 11.6 Å². The van der Waals surface area contributed by atoms with Gasteiger partial charge in [0.1, 0.15) is 5.75 Å². The molecule has 0 saturated carbocycles. The van der Waals surface area contributed by atoms with Crippen LogP contribution in [0.5, 0.6) is 5.75 Å². The van der Waals surface area contributed by atoms with Crippen LogP contribution < -0.4 is 4.74 Å². The number of alkyl halides is 1. The Morgan fingerprint density at radius 1 is 1.21 bits per heavy atom. The number of ether oxygens (including phenoxy) is 1. The van der Waals surface area contributed by atoms with E-state index in [2.05, 4.69) is 27.5 Å². The van der Waals surface area contributed by atoms with E-state index in [0.29, 0.717) is 0 Å². The third-order valence-corrected chi connectivity index (χ3v) is 1.86. The first-order valence-electron chi connectivity index (χ1n) is 4.42. The van der Waals surface area contributed by atoms with Crippen LogP contribution in [0.3, 0.4) is 0 Å². The van der Waals surface area contributed by atoms with Gasteiger partial charge in [-0.2, -0.15) is 0 Å². The van der Waals surface area contributed by atoms with Gasteiger partial charge < -0.3 is 4.74 Å². The molecule has 0 aromatic heterocycles. The number of aryl methyl sites for hydroxylation is 1. The summed E-state index contributed by atoms with van der Waals surface area (Å²) in [6.07, 6.45) is 1.47. The average molecular weight is 282 g/mol. The van der Waals surface area contributed by atoms with Gasteiger partial charge in [0.15, 0.2) is 0 Å². The maximum absolute atomic E-state index is 5.10. The summed E-state index contributed by atoms with van der Waals surface area (Å²) in [5.74, 6) is 0.925. The molecule has 14 heavy (non-hydrogen) atoms. The second-order valence-electron chi connectivity index (χ2n) is 2.11. The summed E-state index contributed by atoms with van der Waals surface area (Å²) < 4.78 is 6.15. The zero-order valence-electron chi connectivity index (χ0n) is 9.40. The largest absolute Gasteiger partial charge is 0.496 e. The second-order valence-corrected chi connectivity index (χ2v) is 3.03. The smallest absolute Gasteiger partial charge is 0.122 e. The molecule has 1 nitrogen and oxygen atoms in total. The van der Waals surface area contributed by atoms with Crippen LogP contribution in [0.1, 0.15) is 19.4 Å². The first-order valence-corrected chi connectivity index (χ1v) is 5.97. The summed E-state index contributed by atoms with van der Waals surface area (Å²) in [6, 6.07) is 5.97. The molecular formula is C11H18BrClO. The standard InChI is InChI=1S/C8H9BrO.C2H6.CH3Cl/c1-6-3-4-7(9)5-8(6)10-2;2*1-2/h3-5H,1-2H3;1-2H3;1H3. The third-order valence-electron chi connectivity index (χ3n) is 1.37. The Balaban J connectivity index is 0. The predicted octanol–water partition coefficient (Wildman–Crippen LogP) is 4.65. The lowest BCUT2D eigenvalue weighted by Crippen LogP contribution is -1.85. The third kappa shape index (κ3) is 6.28. The average Bonchev–Trinajstić information content (AvgIpc) is 2.27. The molecule has 0 aliphatic heterocycles. The van der Waals surface area contributed by atoms with Gasteiger partial charge in [-0.1, -0.05) is 35.8 Å². The molecule has 0 atom stereocenters. The van der Waals surface area contributed by atoms with Crippen molar-refractivity contribution in [1.29, 1.82) is 0 Å². The molecule has 1 aromatic rings. The number of halogens is 2. The van der Waals surface area contributed by atoms with Gasteiger partial charge in [-0.05, 0) is 24.6 Å². The van der Waals surface area contributed by atoms with Crippen LogP contribution in [0, 0.1) is 6.92 Å². The molecule has 0 N–H and O–H groups in total. The lowest BCUT2D eigenvalue weighted by molar-refractivity contribution is 0.411. The Bertz CT molecular complexity index is 239. The highest BCUT2D eigenvalue weighted by Gasteiger charge is 1.95. The van der Waals surface area contributed by atoms with Crippen LogP contribution in [0.25, 0.3) is 0 Å². The lowest BCUT2D eigenvalue weighted by Gasteiger charge is -2.02. The van der Waals surface area contributed by atoms with E-state index in [1.807, 2.05) is 39.0 Å². The Labute approximate surface area is 101 Å². The van der Waals surface area contributed by atoms with Crippen LogP contribution in [0.4, 0.5) is 0 Å². The van der Waals surface area contributed by atoms with Crippen molar-refractivity contribution in [2.45, 2.75) is 20.8 Å². The minimum atomic E-state index is 0.925. The van der Waals surface area contributed by atoms with E-state index in [-0.39, 0.29) is 0 Å². The van der Waals surface area contributed by atoms with Gasteiger partial charge in [0, 0.05) is 10.9 Å². The van der Waals surface area contributed by atoms with E-state index in [1.54, 1.807) is 7.11 Å². The van der Waals surface area contributed by atoms with Crippen molar-refractivity contribution in [2.75, 3.05) is 13.5 Å². The van der Waals surface area contributed by atoms with Crippen molar-refractivity contribution in [1.82, 2.24) is 0 Å². The van der Waals surface area contributed by atoms with Crippen LogP contribution in [-0.4, -0.2) is 13.5 Å². The Kier molecular flexibility index (Phi) is 12.6. The zero-order chi connectivity index (χ0) is 11.6. The molecule has 0 bridgehead atoms. The number of hydrogen-bond donors (Lipinski definition) is 0. The van der Waals surface area contributed by atoms with Crippen molar-refractivity contribution in [2.24, 2.45) is 0 Å². The molecule has 0 aliphatic carbocycles. The molecule has 0 saturated heterocycles. The molecule has 0 aliphatic rings. The lowest BCUT2D eigenvalue weighted by atomic mass is 10.2. The van der Waals surface area contributed by atoms with Gasteiger partial charge >= 0.3 is 0 Å². The van der Waals surface area contributed by atoms with Crippen LogP contribution in [-0.2, 0) is 0 Å². The highest BCUT2D eigenvalue weighted by Crippen LogP contribution is 2.21. The molecule has 82 valence electrons. The van der Waals surface area contributed by atoms with Gasteiger partial charge in [-0.3, -0.25) is 0 Å². The Morgan fingerprint density at radius 3 is 2.07 bits per heavy atom. The van der Waals surface area contributed by atoms with E-state index in [0.717, 1.165) is 15.8 Å². The van der Waals surface area contributed by atoms with Gasteiger partial charge in [0.25, 0.3) is 0 Å². The van der Waals surface area contributed by atoms with Crippen molar-refractivity contribution >= 4 is 27.5 Å².